The summed E-state index contributed by atoms with van der Waals surface area (Å²) >= 11 is 6.28. The second-order valence-corrected chi connectivity index (χ2v) is 6.69. The summed E-state index contributed by atoms with van der Waals surface area (Å²) in [5.74, 6) is 0.207. The molecule has 4 nitrogen and oxygen atoms in total. The number of nitrogens with zero attached hydrogens (tertiary/aromatic N) is 1. The highest BCUT2D eigenvalue weighted by molar-refractivity contribution is 6.32. The van der Waals surface area contributed by atoms with E-state index < -0.39 is 0 Å². The molecule has 1 fully saturated rings. The fraction of sp³-hybridized carbons (Fsp3) is 0.350. The van der Waals surface area contributed by atoms with Gasteiger partial charge in [0.1, 0.15) is 5.75 Å². The van der Waals surface area contributed by atoms with E-state index in [1.807, 2.05) is 30.3 Å². The first-order valence-electron chi connectivity index (χ1n) is 8.30. The van der Waals surface area contributed by atoms with Crippen LogP contribution in [-0.2, 0) is 16.1 Å². The van der Waals surface area contributed by atoms with Crippen molar-refractivity contribution in [2.45, 2.75) is 12.5 Å². The molecule has 3 rings (SSSR count). The van der Waals surface area contributed by atoms with E-state index in [2.05, 4.69) is 17.0 Å². The number of para-hydroxylation sites is 1. The van der Waals surface area contributed by atoms with E-state index in [-0.39, 0.29) is 17.8 Å². The van der Waals surface area contributed by atoms with Gasteiger partial charge < -0.3 is 9.47 Å². The number of hydrogen-bond donors (Lipinski definition) is 0. The summed E-state index contributed by atoms with van der Waals surface area (Å²) in [6.45, 7) is 2.21. The lowest BCUT2D eigenvalue weighted by Gasteiger charge is -2.20. The van der Waals surface area contributed by atoms with Gasteiger partial charge in [-0.2, -0.15) is 0 Å². The number of esters is 1. The summed E-state index contributed by atoms with van der Waals surface area (Å²) in [5.41, 5.74) is 2.19. The minimum absolute atomic E-state index is 0.00943. The van der Waals surface area contributed by atoms with Gasteiger partial charge in [-0.3, -0.25) is 9.69 Å². The average molecular weight is 360 g/mol. The number of methoxy groups -OCH3 is 2. The first-order valence-corrected chi connectivity index (χ1v) is 8.68. The number of likely N-dealkylation sites (tertiary alicyclic amines) is 1. The maximum atomic E-state index is 12.4. The number of benzene rings is 2. The number of hydrogen-bond acceptors (Lipinski definition) is 4. The highest BCUT2D eigenvalue weighted by Crippen LogP contribution is 2.41. The maximum Gasteiger partial charge on any atom is 0.310 e. The molecule has 2 aromatic rings. The van der Waals surface area contributed by atoms with Crippen LogP contribution in [0.2, 0.25) is 5.02 Å². The molecule has 1 saturated heterocycles. The third kappa shape index (κ3) is 3.80. The number of ether oxygens (including phenoxy) is 2. The molecule has 0 N–H and O–H groups in total. The average Bonchev–Trinajstić information content (AvgIpc) is 3.05. The summed E-state index contributed by atoms with van der Waals surface area (Å²) in [6.07, 6.45) is 0. The van der Waals surface area contributed by atoms with Crippen molar-refractivity contribution in [1.29, 1.82) is 0 Å². The van der Waals surface area contributed by atoms with E-state index in [0.717, 1.165) is 18.7 Å². The summed E-state index contributed by atoms with van der Waals surface area (Å²) in [4.78, 5) is 14.6. The van der Waals surface area contributed by atoms with Crippen molar-refractivity contribution in [1.82, 2.24) is 4.90 Å². The molecular weight excluding hydrogens is 338 g/mol. The molecule has 2 atom stereocenters. The minimum Gasteiger partial charge on any atom is -0.495 e. The predicted octanol–water partition coefficient (Wildman–Crippen LogP) is 3.74. The lowest BCUT2D eigenvalue weighted by Crippen LogP contribution is -2.24. The zero-order valence-electron chi connectivity index (χ0n) is 14.4. The zero-order chi connectivity index (χ0) is 17.8. The fourth-order valence-electron chi connectivity index (χ4n) is 3.59. The van der Waals surface area contributed by atoms with Crippen LogP contribution in [-0.4, -0.2) is 38.2 Å². The van der Waals surface area contributed by atoms with Crippen LogP contribution in [0.15, 0.2) is 48.5 Å². The Morgan fingerprint density at radius 2 is 1.88 bits per heavy atom. The number of carbonyl (C=O) groups excluding carboxylic acids is 1. The molecule has 0 aromatic heterocycles. The monoisotopic (exact) mass is 359 g/mol. The van der Waals surface area contributed by atoms with Crippen LogP contribution in [0.3, 0.4) is 0 Å². The van der Waals surface area contributed by atoms with Crippen molar-refractivity contribution >= 4 is 17.6 Å². The van der Waals surface area contributed by atoms with Gasteiger partial charge in [-0.1, -0.05) is 54.1 Å². The summed E-state index contributed by atoms with van der Waals surface area (Å²) in [7, 11) is 3.04. The summed E-state index contributed by atoms with van der Waals surface area (Å²) in [5, 5.41) is 0.560. The quantitative estimate of drug-likeness (QED) is 0.762. The fourth-order valence-corrected chi connectivity index (χ4v) is 3.85. The topological polar surface area (TPSA) is 38.8 Å². The van der Waals surface area contributed by atoms with Crippen LogP contribution in [0.1, 0.15) is 17.0 Å². The molecule has 0 radical (unpaired) electrons. The van der Waals surface area contributed by atoms with Crippen molar-refractivity contribution in [3.05, 3.63) is 64.7 Å². The highest BCUT2D eigenvalue weighted by atomic mass is 35.5. The van der Waals surface area contributed by atoms with E-state index in [9.17, 15) is 4.79 Å². The van der Waals surface area contributed by atoms with Gasteiger partial charge in [0.15, 0.2) is 0 Å². The molecule has 0 saturated carbocycles. The van der Waals surface area contributed by atoms with Crippen molar-refractivity contribution in [3.63, 3.8) is 0 Å². The molecule has 0 spiro atoms. The van der Waals surface area contributed by atoms with Crippen LogP contribution in [0.5, 0.6) is 5.75 Å². The van der Waals surface area contributed by atoms with E-state index in [0.29, 0.717) is 17.3 Å². The lowest BCUT2D eigenvalue weighted by molar-refractivity contribution is -0.145. The smallest absolute Gasteiger partial charge is 0.310 e. The Labute approximate surface area is 153 Å². The Kier molecular flexibility index (Phi) is 5.61. The molecule has 0 unspecified atom stereocenters. The van der Waals surface area contributed by atoms with Crippen molar-refractivity contribution < 1.29 is 14.3 Å². The molecule has 25 heavy (non-hydrogen) atoms. The van der Waals surface area contributed by atoms with Gasteiger partial charge in [0.2, 0.25) is 0 Å². The normalized spacial score (nSPS) is 20.4. The molecule has 0 amide bonds. The largest absolute Gasteiger partial charge is 0.495 e. The van der Waals surface area contributed by atoms with Gasteiger partial charge in [-0.05, 0) is 11.6 Å². The van der Waals surface area contributed by atoms with E-state index in [4.69, 9.17) is 21.1 Å². The van der Waals surface area contributed by atoms with Crippen LogP contribution in [0.25, 0.3) is 0 Å². The van der Waals surface area contributed by atoms with Crippen molar-refractivity contribution in [2.75, 3.05) is 27.3 Å². The molecule has 2 aromatic carbocycles. The van der Waals surface area contributed by atoms with Gasteiger partial charge >= 0.3 is 5.97 Å². The van der Waals surface area contributed by atoms with E-state index >= 15 is 0 Å². The molecule has 132 valence electrons. The minimum atomic E-state index is -0.235. The molecular formula is C20H22ClNO3. The van der Waals surface area contributed by atoms with Gasteiger partial charge in [-0.25, -0.2) is 0 Å². The second-order valence-electron chi connectivity index (χ2n) is 6.28. The van der Waals surface area contributed by atoms with Crippen molar-refractivity contribution in [2.24, 2.45) is 5.92 Å². The Hall–Kier alpha value is -2.04. The van der Waals surface area contributed by atoms with Crippen LogP contribution >= 0.6 is 11.6 Å². The maximum absolute atomic E-state index is 12.4. The second kappa shape index (κ2) is 7.89. The highest BCUT2D eigenvalue weighted by Gasteiger charge is 2.40. The van der Waals surface area contributed by atoms with Gasteiger partial charge in [0, 0.05) is 31.1 Å². The molecule has 0 aliphatic carbocycles. The van der Waals surface area contributed by atoms with Crippen molar-refractivity contribution in [3.8, 4) is 5.75 Å². The standard InChI is InChI=1S/C20H22ClNO3/c1-24-19-15(9-6-10-18(19)21)16-12-22(13-17(16)20(23)25-2)11-14-7-4-3-5-8-14/h3-10,16-17H,11-13H2,1-2H3/t16-,17+/m1/s1. The number of halogens is 1. The Morgan fingerprint density at radius 3 is 2.56 bits per heavy atom. The van der Waals surface area contributed by atoms with Crippen LogP contribution in [0, 0.1) is 5.92 Å². The number of rotatable bonds is 5. The van der Waals surface area contributed by atoms with Gasteiger partial charge in [0.25, 0.3) is 0 Å². The van der Waals surface area contributed by atoms with E-state index in [1.165, 1.54) is 12.7 Å². The predicted molar refractivity (Wildman–Crippen MR) is 98.0 cm³/mol. The molecule has 1 aliphatic heterocycles. The molecule has 0 bridgehead atoms. The third-order valence-corrected chi connectivity index (χ3v) is 5.05. The number of carbonyl (C=O) groups is 1. The third-order valence-electron chi connectivity index (χ3n) is 4.75. The van der Waals surface area contributed by atoms with Crippen LogP contribution in [0.4, 0.5) is 0 Å². The molecule has 1 aliphatic rings. The summed E-state index contributed by atoms with van der Waals surface area (Å²) in [6, 6.07) is 15.9. The van der Waals surface area contributed by atoms with Crippen LogP contribution < -0.4 is 4.74 Å². The Morgan fingerprint density at radius 1 is 1.12 bits per heavy atom. The SMILES string of the molecule is COC(=O)[C@H]1CN(Cc2ccccc2)C[C@@H]1c1cccc(Cl)c1OC. The molecule has 1 heterocycles. The Balaban J connectivity index is 1.88. The zero-order valence-corrected chi connectivity index (χ0v) is 15.2. The summed E-state index contributed by atoms with van der Waals surface area (Å²) < 4.78 is 10.5. The van der Waals surface area contributed by atoms with Gasteiger partial charge in [0.05, 0.1) is 25.2 Å². The van der Waals surface area contributed by atoms with E-state index in [1.54, 1.807) is 13.2 Å². The first kappa shape index (κ1) is 17.8. The lowest BCUT2D eigenvalue weighted by atomic mass is 9.88. The van der Waals surface area contributed by atoms with Gasteiger partial charge in [-0.15, -0.1) is 0 Å². The first-order chi connectivity index (χ1) is 12.1. The Bertz CT molecular complexity index is 735. The molecule has 5 heteroatoms.